The second-order valence-corrected chi connectivity index (χ2v) is 10.2. The highest BCUT2D eigenvalue weighted by Crippen LogP contribution is 2.23. The molecule has 38 heavy (non-hydrogen) atoms. The van der Waals surface area contributed by atoms with Crippen molar-refractivity contribution in [3.8, 4) is 17.5 Å². The fourth-order valence-electron chi connectivity index (χ4n) is 5.29. The van der Waals surface area contributed by atoms with Crippen LogP contribution in [0.15, 0.2) is 77.5 Å². The zero-order chi connectivity index (χ0) is 25.9. The maximum atomic E-state index is 13.6. The fourth-order valence-corrected chi connectivity index (χ4v) is 5.29. The van der Waals surface area contributed by atoms with E-state index in [9.17, 15) is 4.79 Å². The monoisotopic (exact) mass is 502 g/mol. The van der Waals surface area contributed by atoms with E-state index in [2.05, 4.69) is 69.4 Å². The third-order valence-corrected chi connectivity index (χ3v) is 7.28. The SMILES string of the molecule is CN1CCC(Cc2ccc(Nc3ncc4cc(C#CC5=CCCC5)c(=O)n(-c5ccncc5)c4n3)cc2)C1. The van der Waals surface area contributed by atoms with Crippen LogP contribution in [0, 0.1) is 17.8 Å². The summed E-state index contributed by atoms with van der Waals surface area (Å²) < 4.78 is 1.60. The second kappa shape index (κ2) is 10.6. The predicted molar refractivity (Wildman–Crippen MR) is 151 cm³/mol. The first-order chi connectivity index (χ1) is 18.6. The molecule has 0 radical (unpaired) electrons. The van der Waals surface area contributed by atoms with E-state index in [1.165, 1.54) is 18.5 Å². The van der Waals surface area contributed by atoms with E-state index in [0.717, 1.165) is 54.8 Å². The van der Waals surface area contributed by atoms with Crippen LogP contribution < -0.4 is 10.9 Å². The van der Waals surface area contributed by atoms with Gasteiger partial charge in [0.05, 0.1) is 11.3 Å². The van der Waals surface area contributed by atoms with Crippen LogP contribution in [0.25, 0.3) is 16.7 Å². The van der Waals surface area contributed by atoms with E-state index in [4.69, 9.17) is 4.98 Å². The normalized spacial score (nSPS) is 17.3. The fraction of sp³-hybridized carbons (Fsp3) is 0.290. The van der Waals surface area contributed by atoms with Crippen molar-refractivity contribution in [2.75, 3.05) is 25.5 Å². The van der Waals surface area contributed by atoms with Crippen molar-refractivity contribution in [3.63, 3.8) is 0 Å². The number of benzene rings is 1. The molecule has 1 N–H and O–H groups in total. The lowest BCUT2D eigenvalue weighted by Crippen LogP contribution is -2.22. The van der Waals surface area contributed by atoms with E-state index >= 15 is 0 Å². The lowest BCUT2D eigenvalue weighted by Gasteiger charge is -2.13. The molecule has 1 aromatic carbocycles. The van der Waals surface area contributed by atoms with Crippen molar-refractivity contribution in [1.29, 1.82) is 0 Å². The van der Waals surface area contributed by atoms with Gasteiger partial charge in [0.2, 0.25) is 5.95 Å². The number of nitrogens with one attached hydrogen (secondary N) is 1. The highest BCUT2D eigenvalue weighted by molar-refractivity contribution is 5.79. The van der Waals surface area contributed by atoms with E-state index in [1.807, 2.05) is 0 Å². The molecular weight excluding hydrogens is 472 g/mol. The van der Waals surface area contributed by atoms with Crippen molar-refractivity contribution in [3.05, 3.63) is 94.2 Å². The molecule has 7 heteroatoms. The van der Waals surface area contributed by atoms with E-state index in [-0.39, 0.29) is 5.56 Å². The summed E-state index contributed by atoms with van der Waals surface area (Å²) in [5.74, 6) is 7.44. The number of anilines is 2. The number of aromatic nitrogens is 4. The number of likely N-dealkylation sites (tertiary alicyclic amines) is 1. The first kappa shape index (κ1) is 24.1. The minimum atomic E-state index is -0.207. The van der Waals surface area contributed by atoms with Crippen LogP contribution in [0.3, 0.4) is 0 Å². The molecule has 0 amide bonds. The van der Waals surface area contributed by atoms with E-state index in [0.29, 0.717) is 22.8 Å². The van der Waals surface area contributed by atoms with Gasteiger partial charge >= 0.3 is 0 Å². The average molecular weight is 503 g/mol. The van der Waals surface area contributed by atoms with Crippen LogP contribution in [-0.2, 0) is 6.42 Å². The van der Waals surface area contributed by atoms with Gasteiger partial charge in [-0.3, -0.25) is 14.3 Å². The van der Waals surface area contributed by atoms with Gasteiger partial charge in [-0.05, 0) is 93.1 Å². The van der Waals surface area contributed by atoms with Crippen LogP contribution in [0.4, 0.5) is 11.6 Å². The topological polar surface area (TPSA) is 75.9 Å². The molecule has 1 aliphatic heterocycles. The summed E-state index contributed by atoms with van der Waals surface area (Å²) in [5, 5.41) is 4.05. The Balaban J connectivity index is 1.32. The van der Waals surface area contributed by atoms with Crippen LogP contribution in [0.2, 0.25) is 0 Å². The van der Waals surface area contributed by atoms with E-state index in [1.54, 1.807) is 41.4 Å². The van der Waals surface area contributed by atoms with Crippen LogP contribution in [0.1, 0.15) is 36.8 Å². The summed E-state index contributed by atoms with van der Waals surface area (Å²) in [5.41, 5.74) is 4.76. The number of hydrogen-bond donors (Lipinski definition) is 1. The predicted octanol–water partition coefficient (Wildman–Crippen LogP) is 4.88. The molecule has 2 aliphatic rings. The van der Waals surface area contributed by atoms with Gasteiger partial charge in [0, 0.05) is 36.2 Å². The summed E-state index contributed by atoms with van der Waals surface area (Å²) >= 11 is 0. The van der Waals surface area contributed by atoms with Crippen molar-refractivity contribution < 1.29 is 0 Å². The highest BCUT2D eigenvalue weighted by Gasteiger charge is 2.19. The van der Waals surface area contributed by atoms with Gasteiger partial charge in [-0.15, -0.1) is 0 Å². The Kier molecular flexibility index (Phi) is 6.72. The summed E-state index contributed by atoms with van der Waals surface area (Å²) in [6, 6.07) is 13.8. The zero-order valence-electron chi connectivity index (χ0n) is 21.5. The average Bonchev–Trinajstić information content (AvgIpc) is 3.61. The molecule has 1 saturated heterocycles. The van der Waals surface area contributed by atoms with Gasteiger partial charge < -0.3 is 10.2 Å². The Hall–Kier alpha value is -4.28. The largest absolute Gasteiger partial charge is 0.324 e. The van der Waals surface area contributed by atoms with Gasteiger partial charge in [0.15, 0.2) is 5.65 Å². The van der Waals surface area contributed by atoms with Gasteiger partial charge in [-0.2, -0.15) is 4.98 Å². The van der Waals surface area contributed by atoms with Gasteiger partial charge in [-0.1, -0.05) is 30.0 Å². The zero-order valence-corrected chi connectivity index (χ0v) is 21.5. The molecule has 1 unspecified atom stereocenters. The number of rotatable bonds is 5. The smallest absolute Gasteiger partial charge is 0.272 e. The van der Waals surface area contributed by atoms with E-state index < -0.39 is 0 Å². The lowest BCUT2D eigenvalue weighted by atomic mass is 9.98. The minimum absolute atomic E-state index is 0.207. The standard InChI is InChI=1S/C31H30N6O/c1-36-17-14-24(21-36)18-23-7-10-27(11-8-23)34-31-33-20-26-19-25(9-6-22-4-2-3-5-22)30(38)37(29(26)35-31)28-12-15-32-16-13-28/h4,7-8,10-13,15-16,19-20,24H,2-3,5,14,17-18,21H2,1H3,(H,33,34,35). The summed E-state index contributed by atoms with van der Waals surface area (Å²) in [6.07, 6.45) is 12.7. The Labute approximate surface area is 222 Å². The molecule has 0 spiro atoms. The number of nitrogens with zero attached hydrogens (tertiary/aromatic N) is 5. The Morgan fingerprint density at radius 2 is 1.95 bits per heavy atom. The molecular formula is C31H30N6O. The second-order valence-electron chi connectivity index (χ2n) is 10.2. The van der Waals surface area contributed by atoms with Crippen LogP contribution in [-0.4, -0.2) is 44.6 Å². The van der Waals surface area contributed by atoms with Gasteiger partial charge in [-0.25, -0.2) is 4.98 Å². The molecule has 3 aromatic heterocycles. The molecule has 7 nitrogen and oxygen atoms in total. The Morgan fingerprint density at radius 3 is 2.68 bits per heavy atom. The number of pyridine rings is 2. The van der Waals surface area contributed by atoms with Gasteiger partial charge in [0.25, 0.3) is 5.56 Å². The van der Waals surface area contributed by atoms with Crippen LogP contribution in [0.5, 0.6) is 0 Å². The molecule has 6 rings (SSSR count). The van der Waals surface area contributed by atoms with Gasteiger partial charge in [0.1, 0.15) is 0 Å². The first-order valence-corrected chi connectivity index (χ1v) is 13.2. The maximum Gasteiger partial charge on any atom is 0.272 e. The summed E-state index contributed by atoms with van der Waals surface area (Å²) in [4.78, 5) is 29.4. The minimum Gasteiger partial charge on any atom is -0.324 e. The number of hydrogen-bond acceptors (Lipinski definition) is 6. The molecule has 0 saturated carbocycles. The third-order valence-electron chi connectivity index (χ3n) is 7.28. The first-order valence-electron chi connectivity index (χ1n) is 13.2. The number of fused-ring (bicyclic) bond motifs is 1. The quantitative estimate of drug-likeness (QED) is 0.392. The molecule has 4 aromatic rings. The van der Waals surface area contributed by atoms with Crippen molar-refractivity contribution >= 4 is 22.7 Å². The molecule has 4 heterocycles. The molecule has 190 valence electrons. The summed E-state index contributed by atoms with van der Waals surface area (Å²) in [7, 11) is 2.19. The Bertz CT molecular complexity index is 1610. The van der Waals surface area contributed by atoms with Crippen molar-refractivity contribution in [1.82, 2.24) is 24.4 Å². The molecule has 1 fully saturated rings. The third kappa shape index (κ3) is 5.22. The molecule has 0 bridgehead atoms. The summed E-state index contributed by atoms with van der Waals surface area (Å²) in [6.45, 7) is 2.34. The van der Waals surface area contributed by atoms with Crippen molar-refractivity contribution in [2.24, 2.45) is 5.92 Å². The molecule has 1 aliphatic carbocycles. The highest BCUT2D eigenvalue weighted by atomic mass is 16.1. The lowest BCUT2D eigenvalue weighted by molar-refractivity contribution is 0.394. The van der Waals surface area contributed by atoms with Crippen molar-refractivity contribution in [2.45, 2.75) is 32.1 Å². The van der Waals surface area contributed by atoms with Crippen LogP contribution >= 0.6 is 0 Å². The molecule has 1 atom stereocenters. The number of allylic oxidation sites excluding steroid dienone is 2. The maximum absolute atomic E-state index is 13.6. The Morgan fingerprint density at radius 1 is 1.11 bits per heavy atom.